The van der Waals surface area contributed by atoms with E-state index in [1.807, 2.05) is 25.9 Å². The Morgan fingerprint density at radius 3 is 2.32 bits per heavy atom. The lowest BCUT2D eigenvalue weighted by atomic mass is 9.95. The summed E-state index contributed by atoms with van der Waals surface area (Å²) in [5.74, 6) is -1.46. The standard InChI is InChI=1S/C24H27FN2O4/c1-4-15-31-19-11-7-17(8-12-19)22(28)20-21(16-5-9-18(25)10-6-16)27(14-13-26(2)3)24(30)23(20)29/h5-12,21,28H,4,13-15H2,1-3H3/t21-/m1/s1. The summed E-state index contributed by atoms with van der Waals surface area (Å²) in [6.07, 6.45) is 0.871. The van der Waals surface area contributed by atoms with Gasteiger partial charge in [0.05, 0.1) is 18.2 Å². The van der Waals surface area contributed by atoms with Gasteiger partial charge in [0.2, 0.25) is 0 Å². The van der Waals surface area contributed by atoms with Gasteiger partial charge in [-0.2, -0.15) is 0 Å². The summed E-state index contributed by atoms with van der Waals surface area (Å²) in [6.45, 7) is 3.41. The van der Waals surface area contributed by atoms with Crippen molar-refractivity contribution in [1.82, 2.24) is 9.80 Å². The lowest BCUT2D eigenvalue weighted by Gasteiger charge is -2.26. The van der Waals surface area contributed by atoms with Crippen LogP contribution in [0.15, 0.2) is 54.1 Å². The van der Waals surface area contributed by atoms with E-state index < -0.39 is 23.5 Å². The molecule has 2 aromatic rings. The minimum atomic E-state index is -0.795. The van der Waals surface area contributed by atoms with Crippen LogP contribution in [0.2, 0.25) is 0 Å². The molecule has 0 aromatic heterocycles. The van der Waals surface area contributed by atoms with Crippen molar-refractivity contribution >= 4 is 17.4 Å². The maximum absolute atomic E-state index is 13.5. The number of ether oxygens (including phenoxy) is 1. The number of benzene rings is 2. The first-order chi connectivity index (χ1) is 14.8. The van der Waals surface area contributed by atoms with Crippen LogP contribution in [0.5, 0.6) is 5.75 Å². The average molecular weight is 426 g/mol. The molecule has 0 unspecified atom stereocenters. The first-order valence-corrected chi connectivity index (χ1v) is 10.2. The number of halogens is 1. The van der Waals surface area contributed by atoms with E-state index in [0.29, 0.717) is 36.6 Å². The monoisotopic (exact) mass is 426 g/mol. The summed E-state index contributed by atoms with van der Waals surface area (Å²) in [4.78, 5) is 29.0. The third-order valence-electron chi connectivity index (χ3n) is 5.11. The Morgan fingerprint density at radius 2 is 1.74 bits per heavy atom. The van der Waals surface area contributed by atoms with Crippen molar-refractivity contribution in [1.29, 1.82) is 0 Å². The van der Waals surface area contributed by atoms with Crippen LogP contribution in [-0.2, 0) is 9.59 Å². The molecule has 1 N–H and O–H groups in total. The Hall–Kier alpha value is -3.19. The van der Waals surface area contributed by atoms with Crippen molar-refractivity contribution in [3.05, 3.63) is 71.0 Å². The molecule has 1 aliphatic heterocycles. The van der Waals surface area contributed by atoms with Gasteiger partial charge in [-0.05, 0) is 62.5 Å². The van der Waals surface area contributed by atoms with Crippen LogP contribution in [-0.4, -0.2) is 60.4 Å². The van der Waals surface area contributed by atoms with Gasteiger partial charge < -0.3 is 19.6 Å². The molecule has 7 heteroatoms. The maximum atomic E-state index is 13.5. The molecule has 6 nitrogen and oxygen atoms in total. The highest BCUT2D eigenvalue weighted by atomic mass is 19.1. The highest BCUT2D eigenvalue weighted by Gasteiger charge is 2.45. The van der Waals surface area contributed by atoms with Crippen molar-refractivity contribution in [2.24, 2.45) is 0 Å². The second kappa shape index (κ2) is 9.75. The quantitative estimate of drug-likeness (QED) is 0.397. The molecule has 0 bridgehead atoms. The average Bonchev–Trinajstić information content (AvgIpc) is 3.01. The summed E-state index contributed by atoms with van der Waals surface area (Å²) < 4.78 is 19.1. The number of nitrogens with zero attached hydrogens (tertiary/aromatic N) is 2. The second-order valence-electron chi connectivity index (χ2n) is 7.72. The van der Waals surface area contributed by atoms with E-state index in [0.717, 1.165) is 6.42 Å². The molecule has 1 fully saturated rings. The Balaban J connectivity index is 2.04. The van der Waals surface area contributed by atoms with Gasteiger partial charge in [-0.1, -0.05) is 19.1 Å². The van der Waals surface area contributed by atoms with Crippen LogP contribution in [0.1, 0.15) is 30.5 Å². The smallest absolute Gasteiger partial charge is 0.295 e. The van der Waals surface area contributed by atoms with Crippen molar-refractivity contribution < 1.29 is 23.8 Å². The number of hydrogen-bond donors (Lipinski definition) is 1. The Morgan fingerprint density at radius 1 is 1.10 bits per heavy atom. The fourth-order valence-corrected chi connectivity index (χ4v) is 3.49. The molecule has 1 aliphatic rings. The maximum Gasteiger partial charge on any atom is 0.295 e. The van der Waals surface area contributed by atoms with E-state index in [1.165, 1.54) is 29.2 Å². The summed E-state index contributed by atoms with van der Waals surface area (Å²) >= 11 is 0. The predicted molar refractivity (Wildman–Crippen MR) is 116 cm³/mol. The molecule has 164 valence electrons. The second-order valence-corrected chi connectivity index (χ2v) is 7.72. The first-order valence-electron chi connectivity index (χ1n) is 10.2. The SMILES string of the molecule is CCCOc1ccc(C(O)=C2C(=O)C(=O)N(CCN(C)C)[C@@H]2c2ccc(F)cc2)cc1. The van der Waals surface area contributed by atoms with E-state index >= 15 is 0 Å². The largest absolute Gasteiger partial charge is 0.507 e. The van der Waals surface area contributed by atoms with E-state index in [9.17, 15) is 19.1 Å². The summed E-state index contributed by atoms with van der Waals surface area (Å²) in [5.41, 5.74) is 0.961. The number of likely N-dealkylation sites (tertiary alicyclic amines) is 1. The third-order valence-corrected chi connectivity index (χ3v) is 5.11. The van der Waals surface area contributed by atoms with Gasteiger partial charge in [0.25, 0.3) is 11.7 Å². The molecule has 3 rings (SSSR count). The molecule has 0 aliphatic carbocycles. The first kappa shape index (κ1) is 22.5. The zero-order chi connectivity index (χ0) is 22.5. The molecule has 0 radical (unpaired) electrons. The zero-order valence-corrected chi connectivity index (χ0v) is 18.0. The highest BCUT2D eigenvalue weighted by molar-refractivity contribution is 6.46. The minimum Gasteiger partial charge on any atom is -0.507 e. The van der Waals surface area contributed by atoms with Gasteiger partial charge >= 0.3 is 0 Å². The van der Waals surface area contributed by atoms with Gasteiger partial charge in [-0.3, -0.25) is 9.59 Å². The van der Waals surface area contributed by atoms with E-state index in [4.69, 9.17) is 4.74 Å². The molecule has 0 saturated carbocycles. The predicted octanol–water partition coefficient (Wildman–Crippen LogP) is 3.60. The van der Waals surface area contributed by atoms with Crippen LogP contribution < -0.4 is 4.74 Å². The van der Waals surface area contributed by atoms with Crippen molar-refractivity contribution in [3.63, 3.8) is 0 Å². The number of carbonyl (C=O) groups excluding carboxylic acids is 2. The van der Waals surface area contributed by atoms with Crippen molar-refractivity contribution in [2.45, 2.75) is 19.4 Å². The van der Waals surface area contributed by atoms with Crippen LogP contribution in [0.25, 0.3) is 5.76 Å². The van der Waals surface area contributed by atoms with Gasteiger partial charge in [0, 0.05) is 18.7 Å². The molecular weight excluding hydrogens is 399 g/mol. The topological polar surface area (TPSA) is 70.1 Å². The molecule has 2 aromatic carbocycles. The third kappa shape index (κ3) is 4.94. The lowest BCUT2D eigenvalue weighted by Crippen LogP contribution is -2.35. The minimum absolute atomic E-state index is 0.00223. The number of ketones is 1. The van der Waals surface area contributed by atoms with Crippen LogP contribution in [0.3, 0.4) is 0 Å². The van der Waals surface area contributed by atoms with Gasteiger partial charge in [0.1, 0.15) is 17.3 Å². The Labute approximate surface area is 181 Å². The molecule has 0 spiro atoms. The fourth-order valence-electron chi connectivity index (χ4n) is 3.49. The zero-order valence-electron chi connectivity index (χ0n) is 18.0. The Kier molecular flexibility index (Phi) is 7.07. The molecular formula is C24H27FN2O4. The van der Waals surface area contributed by atoms with E-state index in [2.05, 4.69) is 0 Å². The van der Waals surface area contributed by atoms with Crippen LogP contribution >= 0.6 is 0 Å². The number of likely N-dealkylation sites (N-methyl/N-ethyl adjacent to an activating group) is 1. The van der Waals surface area contributed by atoms with Crippen molar-refractivity contribution in [3.8, 4) is 5.75 Å². The lowest BCUT2D eigenvalue weighted by molar-refractivity contribution is -0.140. The summed E-state index contributed by atoms with van der Waals surface area (Å²) in [7, 11) is 3.73. The number of carbonyl (C=O) groups is 2. The van der Waals surface area contributed by atoms with Gasteiger partial charge in [0.15, 0.2) is 0 Å². The Bertz CT molecular complexity index is 968. The normalized spacial score (nSPS) is 18.1. The van der Waals surface area contributed by atoms with E-state index in [1.54, 1.807) is 24.3 Å². The van der Waals surface area contributed by atoms with Crippen LogP contribution in [0, 0.1) is 5.82 Å². The molecule has 1 heterocycles. The summed E-state index contributed by atoms with van der Waals surface area (Å²) in [5, 5.41) is 11.0. The number of aliphatic hydroxyl groups is 1. The van der Waals surface area contributed by atoms with Gasteiger partial charge in [-0.25, -0.2) is 4.39 Å². The van der Waals surface area contributed by atoms with E-state index in [-0.39, 0.29) is 11.3 Å². The highest BCUT2D eigenvalue weighted by Crippen LogP contribution is 2.39. The van der Waals surface area contributed by atoms with Crippen LogP contribution in [0.4, 0.5) is 4.39 Å². The molecule has 1 saturated heterocycles. The number of aliphatic hydroxyl groups excluding tert-OH is 1. The number of rotatable bonds is 8. The molecule has 1 amide bonds. The molecule has 31 heavy (non-hydrogen) atoms. The summed E-state index contributed by atoms with van der Waals surface area (Å²) in [6, 6.07) is 11.5. The molecule has 1 atom stereocenters. The van der Waals surface area contributed by atoms with Gasteiger partial charge in [-0.15, -0.1) is 0 Å². The number of amides is 1. The van der Waals surface area contributed by atoms with Crippen molar-refractivity contribution in [2.75, 3.05) is 33.8 Å². The fraction of sp³-hybridized carbons (Fsp3) is 0.333. The number of Topliss-reactive ketones (excluding diaryl/α,β-unsaturated/α-hetero) is 1. The number of hydrogen-bond acceptors (Lipinski definition) is 5.